The summed E-state index contributed by atoms with van der Waals surface area (Å²) < 4.78 is 0. The summed E-state index contributed by atoms with van der Waals surface area (Å²) in [5, 5.41) is 12.9. The molecule has 2 aromatic carbocycles. The number of amides is 2. The van der Waals surface area contributed by atoms with Crippen LogP contribution in [0.5, 0.6) is 0 Å². The zero-order valence-electron chi connectivity index (χ0n) is 22.9. The molecule has 0 aliphatic heterocycles. The number of nitrogens with zero attached hydrogens (tertiary/aromatic N) is 2. The van der Waals surface area contributed by atoms with Gasteiger partial charge in [-0.25, -0.2) is 0 Å². The molecule has 0 saturated heterocycles. The van der Waals surface area contributed by atoms with E-state index in [4.69, 9.17) is 10.9 Å². The highest BCUT2D eigenvalue weighted by Crippen LogP contribution is 2.39. The summed E-state index contributed by atoms with van der Waals surface area (Å²) in [6.45, 7) is 11.8. The smallest absolute Gasteiger partial charge is 0.287 e. The van der Waals surface area contributed by atoms with Crippen LogP contribution in [0.2, 0.25) is 0 Å². The fraction of sp³-hybridized carbons (Fsp3) is 0.500. The van der Waals surface area contributed by atoms with Gasteiger partial charge in [0.15, 0.2) is 0 Å². The third-order valence-electron chi connectivity index (χ3n) is 7.40. The molecule has 37 heavy (non-hydrogen) atoms. The number of nitrogens with one attached hydrogen (secondary N) is 2. The largest absolute Gasteiger partial charge is 0.331 e. The lowest BCUT2D eigenvalue weighted by Gasteiger charge is -2.41. The Balaban J connectivity index is 1.80. The molecular weight excluding hydrogens is 462 g/mol. The predicted molar refractivity (Wildman–Crippen MR) is 146 cm³/mol. The summed E-state index contributed by atoms with van der Waals surface area (Å²) >= 11 is 0. The molecule has 198 valence electrons. The molecular formula is C30H42N5O2+. The third-order valence-corrected chi connectivity index (χ3v) is 7.40. The van der Waals surface area contributed by atoms with Crippen LogP contribution in [0.15, 0.2) is 53.6 Å². The molecule has 0 radical (unpaired) electrons. The average Bonchev–Trinajstić information content (AvgIpc) is 2.87. The van der Waals surface area contributed by atoms with E-state index < -0.39 is 11.9 Å². The minimum Gasteiger partial charge on any atom is -0.331 e. The second-order valence-electron chi connectivity index (χ2n) is 11.7. The predicted octanol–water partition coefficient (Wildman–Crippen LogP) is 5.01. The summed E-state index contributed by atoms with van der Waals surface area (Å²) in [5.74, 6) is 0.441. The van der Waals surface area contributed by atoms with E-state index in [1.54, 1.807) is 12.1 Å². The quantitative estimate of drug-likeness (QED) is 0.280. The summed E-state index contributed by atoms with van der Waals surface area (Å²) in [6, 6.07) is 15.4. The Hall–Kier alpha value is -3.35. The molecule has 1 aliphatic rings. The van der Waals surface area contributed by atoms with Gasteiger partial charge >= 0.3 is 0 Å². The van der Waals surface area contributed by atoms with Crippen LogP contribution in [0, 0.1) is 22.7 Å². The van der Waals surface area contributed by atoms with E-state index in [9.17, 15) is 9.59 Å². The molecule has 7 heteroatoms. The first-order chi connectivity index (χ1) is 17.5. The first kappa shape index (κ1) is 28.2. The van der Waals surface area contributed by atoms with Crippen LogP contribution < -0.4 is 10.8 Å². The summed E-state index contributed by atoms with van der Waals surface area (Å²) in [4.78, 5) is 28.1. The molecule has 0 atom stereocenters. The Morgan fingerprint density at radius 1 is 0.973 bits per heavy atom. The van der Waals surface area contributed by atoms with Crippen LogP contribution in [-0.4, -0.2) is 28.7 Å². The minimum atomic E-state index is -0.444. The van der Waals surface area contributed by atoms with Gasteiger partial charge in [-0.05, 0) is 84.7 Å². The fourth-order valence-electron chi connectivity index (χ4n) is 5.21. The van der Waals surface area contributed by atoms with Gasteiger partial charge in [0.25, 0.3) is 17.8 Å². The first-order valence-corrected chi connectivity index (χ1v) is 13.3. The van der Waals surface area contributed by atoms with Gasteiger partial charge in [-0.2, -0.15) is 0 Å². The minimum absolute atomic E-state index is 0.0510. The van der Waals surface area contributed by atoms with Crippen molar-refractivity contribution in [2.45, 2.75) is 79.3 Å². The third kappa shape index (κ3) is 7.81. The van der Waals surface area contributed by atoms with Crippen LogP contribution in [0.1, 0.15) is 92.1 Å². The van der Waals surface area contributed by atoms with Crippen molar-refractivity contribution in [1.82, 2.24) is 10.2 Å². The number of benzene rings is 2. The highest BCUT2D eigenvalue weighted by molar-refractivity contribution is 6.04. The maximum absolute atomic E-state index is 13.8. The molecule has 0 aromatic heterocycles. The van der Waals surface area contributed by atoms with Gasteiger partial charge in [0.1, 0.15) is 0 Å². The number of carbonyl (C=O) groups excluding carboxylic acids is 2. The van der Waals surface area contributed by atoms with Crippen molar-refractivity contribution in [2.75, 3.05) is 0 Å². The lowest BCUT2D eigenvalue weighted by atomic mass is 9.71. The van der Waals surface area contributed by atoms with Crippen molar-refractivity contribution in [2.24, 2.45) is 22.4 Å². The van der Waals surface area contributed by atoms with Crippen molar-refractivity contribution < 1.29 is 15.1 Å². The molecule has 0 heterocycles. The highest BCUT2D eigenvalue weighted by atomic mass is 16.2. The Morgan fingerprint density at radius 3 is 2.03 bits per heavy atom. The van der Waals surface area contributed by atoms with Crippen molar-refractivity contribution in [3.8, 4) is 0 Å². The molecule has 7 nitrogen and oxygen atoms in total. The summed E-state index contributed by atoms with van der Waals surface area (Å²) in [7, 11) is 0. The number of hydrogen-bond donors (Lipinski definition) is 3. The van der Waals surface area contributed by atoms with E-state index >= 15 is 0 Å². The molecule has 2 amide bonds. The zero-order chi connectivity index (χ0) is 27.2. The SMILES string of the molecule is CC(C)Cc1ccc(C(=O)N(Cc2ccc(C(=O)NC(=N)N=[NH2+])cc2)C2CCC(C(C)(C)C)CC2)cc1. The molecule has 0 bridgehead atoms. The second-order valence-corrected chi connectivity index (χ2v) is 11.7. The molecule has 2 aromatic rings. The van der Waals surface area contributed by atoms with Crippen LogP contribution in [-0.2, 0) is 13.0 Å². The van der Waals surface area contributed by atoms with Crippen LogP contribution in [0.25, 0.3) is 0 Å². The number of guanidine groups is 1. The van der Waals surface area contributed by atoms with Gasteiger partial charge < -0.3 is 4.90 Å². The molecule has 1 aliphatic carbocycles. The lowest BCUT2D eigenvalue weighted by molar-refractivity contribution is -0.207. The van der Waals surface area contributed by atoms with Crippen molar-refractivity contribution in [1.29, 1.82) is 5.41 Å². The van der Waals surface area contributed by atoms with Gasteiger partial charge in [0.2, 0.25) is 0 Å². The summed E-state index contributed by atoms with van der Waals surface area (Å²) in [5.41, 5.74) is 8.63. The van der Waals surface area contributed by atoms with Crippen LogP contribution in [0.4, 0.5) is 0 Å². The van der Waals surface area contributed by atoms with E-state index in [2.05, 4.69) is 57.2 Å². The molecule has 1 saturated carbocycles. The molecule has 4 N–H and O–H groups in total. The number of carbonyl (C=O) groups is 2. The van der Waals surface area contributed by atoms with E-state index in [0.29, 0.717) is 29.5 Å². The van der Waals surface area contributed by atoms with Gasteiger partial charge in [-0.1, -0.05) is 58.9 Å². The zero-order valence-corrected chi connectivity index (χ0v) is 22.9. The standard InChI is InChI=1S/C30H41N5O2/c1-20(2)18-21-6-12-24(13-7-21)28(37)35(26-16-14-25(15-17-26)30(3,4)5)19-22-8-10-23(11-9-22)27(36)33-29(31)34-32/h6-13,20,25-26,32H,14-19H2,1-5H3,(H2,31,33,36)/p+1. The summed E-state index contributed by atoms with van der Waals surface area (Å²) in [6.07, 6.45) is 5.20. The van der Waals surface area contributed by atoms with Crippen LogP contribution in [0.3, 0.4) is 0 Å². The van der Waals surface area contributed by atoms with Crippen molar-refractivity contribution in [3.05, 3.63) is 70.8 Å². The Morgan fingerprint density at radius 2 is 1.51 bits per heavy atom. The van der Waals surface area contributed by atoms with Gasteiger partial charge in [-0.3, -0.25) is 20.3 Å². The fourth-order valence-corrected chi connectivity index (χ4v) is 5.21. The van der Waals surface area contributed by atoms with Crippen LogP contribution >= 0.6 is 0 Å². The lowest BCUT2D eigenvalue weighted by Crippen LogP contribution is -2.43. The van der Waals surface area contributed by atoms with Gasteiger partial charge in [-0.15, -0.1) is 5.53 Å². The number of nitrogens with two attached hydrogens (primary N) is 1. The monoisotopic (exact) mass is 504 g/mol. The normalized spacial score (nSPS) is 17.8. The van der Waals surface area contributed by atoms with Crippen molar-refractivity contribution >= 4 is 17.8 Å². The number of hydrogen-bond acceptors (Lipinski definition) is 3. The van der Waals surface area contributed by atoms with E-state index in [-0.39, 0.29) is 17.4 Å². The highest BCUT2D eigenvalue weighted by Gasteiger charge is 2.34. The molecule has 3 rings (SSSR count). The average molecular weight is 505 g/mol. The number of rotatable bonds is 7. The van der Waals surface area contributed by atoms with E-state index in [1.165, 1.54) is 5.56 Å². The Labute approximate surface area is 221 Å². The van der Waals surface area contributed by atoms with Crippen molar-refractivity contribution in [3.63, 3.8) is 0 Å². The topological polar surface area (TPSA) is 111 Å². The second kappa shape index (κ2) is 12.3. The van der Waals surface area contributed by atoms with E-state index in [0.717, 1.165) is 37.7 Å². The molecule has 0 unspecified atom stereocenters. The van der Waals surface area contributed by atoms with Gasteiger partial charge in [0.05, 0.1) is 0 Å². The molecule has 1 fully saturated rings. The Bertz CT molecular complexity index is 1090. The first-order valence-electron chi connectivity index (χ1n) is 13.3. The maximum Gasteiger partial charge on any atom is 0.287 e. The maximum atomic E-state index is 13.8. The van der Waals surface area contributed by atoms with Gasteiger partial charge in [0, 0.05) is 28.8 Å². The Kier molecular flexibility index (Phi) is 9.35. The van der Waals surface area contributed by atoms with E-state index in [1.807, 2.05) is 29.2 Å². The molecule has 0 spiro atoms.